The van der Waals surface area contributed by atoms with Gasteiger partial charge in [-0.2, -0.15) is 0 Å². The van der Waals surface area contributed by atoms with Crippen molar-refractivity contribution in [3.8, 4) is 0 Å². The van der Waals surface area contributed by atoms with Crippen LogP contribution in [0.2, 0.25) is 0 Å². The number of carbonyl (C=O) groups is 1. The molecule has 0 spiro atoms. The van der Waals surface area contributed by atoms with Crippen molar-refractivity contribution in [3.63, 3.8) is 0 Å². The molecule has 0 radical (unpaired) electrons. The zero-order valence-corrected chi connectivity index (χ0v) is 12.6. The van der Waals surface area contributed by atoms with Crippen molar-refractivity contribution in [2.45, 2.75) is 45.6 Å². The van der Waals surface area contributed by atoms with E-state index < -0.39 is 18.0 Å². The van der Waals surface area contributed by atoms with Crippen LogP contribution in [0.25, 0.3) is 0 Å². The summed E-state index contributed by atoms with van der Waals surface area (Å²) in [6, 6.07) is 5.87. The lowest BCUT2D eigenvalue weighted by Gasteiger charge is -2.24. The second-order valence-corrected chi connectivity index (χ2v) is 5.11. The van der Waals surface area contributed by atoms with Crippen LogP contribution in [0, 0.1) is 13.8 Å². The Labute approximate surface area is 120 Å². The second kappa shape index (κ2) is 8.02. The van der Waals surface area contributed by atoms with Gasteiger partial charge in [-0.05, 0) is 37.0 Å². The van der Waals surface area contributed by atoms with Crippen molar-refractivity contribution in [1.82, 2.24) is 0 Å². The number of esters is 1. The maximum atomic E-state index is 11.9. The highest BCUT2D eigenvalue weighted by Gasteiger charge is 2.29. The average molecular weight is 279 g/mol. The van der Waals surface area contributed by atoms with Crippen LogP contribution in [0.15, 0.2) is 18.2 Å². The Hall–Kier alpha value is -1.39. The summed E-state index contributed by atoms with van der Waals surface area (Å²) in [6.07, 6.45) is 0.534. The van der Waals surface area contributed by atoms with Crippen molar-refractivity contribution in [1.29, 1.82) is 0 Å². The molecule has 0 saturated carbocycles. The number of ether oxygens (including phenoxy) is 1. The summed E-state index contributed by atoms with van der Waals surface area (Å²) in [4.78, 5) is 11.9. The zero-order chi connectivity index (χ0) is 15.1. The van der Waals surface area contributed by atoms with E-state index >= 15 is 0 Å². The van der Waals surface area contributed by atoms with Gasteiger partial charge in [0, 0.05) is 12.5 Å². The molecule has 2 atom stereocenters. The lowest BCUT2D eigenvalue weighted by molar-refractivity contribution is -0.154. The molecule has 1 aromatic carbocycles. The molecule has 0 saturated heterocycles. The van der Waals surface area contributed by atoms with Gasteiger partial charge in [0.15, 0.2) is 6.10 Å². The number of benzene rings is 1. The Balaban J connectivity index is 2.87. The van der Waals surface area contributed by atoms with Crippen molar-refractivity contribution >= 4 is 5.97 Å². The van der Waals surface area contributed by atoms with E-state index in [1.165, 1.54) is 0 Å². The Morgan fingerprint density at radius 1 is 1.35 bits per heavy atom. The summed E-state index contributed by atoms with van der Waals surface area (Å²) < 4.78 is 5.08. The molecule has 0 heterocycles. The second-order valence-electron chi connectivity index (χ2n) is 5.11. The topological polar surface area (TPSA) is 72.5 Å². The van der Waals surface area contributed by atoms with Gasteiger partial charge < -0.3 is 15.6 Å². The van der Waals surface area contributed by atoms with Crippen LogP contribution in [-0.2, 0) is 9.53 Å². The van der Waals surface area contributed by atoms with Gasteiger partial charge in [0.05, 0.1) is 6.61 Å². The van der Waals surface area contributed by atoms with Crippen LogP contribution in [0.3, 0.4) is 0 Å². The smallest absolute Gasteiger partial charge is 0.335 e. The molecule has 3 N–H and O–H groups in total. The van der Waals surface area contributed by atoms with Gasteiger partial charge in [0.2, 0.25) is 0 Å². The highest BCUT2D eigenvalue weighted by atomic mass is 16.5. The van der Waals surface area contributed by atoms with Crippen LogP contribution in [0.5, 0.6) is 0 Å². The highest BCUT2D eigenvalue weighted by Crippen LogP contribution is 2.26. The fourth-order valence-electron chi connectivity index (χ4n) is 2.38. The third-order valence-electron chi connectivity index (χ3n) is 3.53. The molecule has 20 heavy (non-hydrogen) atoms. The fraction of sp³-hybridized carbons (Fsp3) is 0.562. The summed E-state index contributed by atoms with van der Waals surface area (Å²) in [5.74, 6) is -1.01. The molecular weight excluding hydrogens is 254 g/mol. The number of rotatable bonds is 7. The number of carbonyl (C=O) groups excluding carboxylic acids is 1. The standard InChI is InChI=1S/C16H25NO3/c1-4-5-9-20-16(19)15(18)13(10-17)14-11(2)7-6-8-12(14)3/h6-8,13,15,18H,4-5,9-10,17H2,1-3H3. The van der Waals surface area contributed by atoms with Crippen LogP contribution >= 0.6 is 0 Å². The first-order valence-electron chi connectivity index (χ1n) is 7.13. The monoisotopic (exact) mass is 279 g/mol. The minimum absolute atomic E-state index is 0.204. The minimum atomic E-state index is -1.21. The average Bonchev–Trinajstić information content (AvgIpc) is 2.42. The van der Waals surface area contributed by atoms with E-state index in [1.807, 2.05) is 39.0 Å². The number of nitrogens with two attached hydrogens (primary N) is 1. The Kier molecular flexibility index (Phi) is 6.68. The van der Waals surface area contributed by atoms with Gasteiger partial charge in [-0.15, -0.1) is 0 Å². The summed E-state index contributed by atoms with van der Waals surface area (Å²) >= 11 is 0. The van der Waals surface area contributed by atoms with Crippen LogP contribution in [0.1, 0.15) is 42.4 Å². The molecule has 0 aliphatic carbocycles. The molecule has 1 rings (SSSR count). The zero-order valence-electron chi connectivity index (χ0n) is 12.6. The molecule has 0 aliphatic rings. The largest absolute Gasteiger partial charge is 0.464 e. The minimum Gasteiger partial charge on any atom is -0.464 e. The Bertz CT molecular complexity index is 425. The first-order valence-corrected chi connectivity index (χ1v) is 7.13. The normalized spacial score (nSPS) is 13.8. The van der Waals surface area contributed by atoms with Gasteiger partial charge in [-0.25, -0.2) is 4.79 Å². The summed E-state index contributed by atoms with van der Waals surface area (Å²) in [7, 11) is 0. The Morgan fingerprint density at radius 3 is 2.45 bits per heavy atom. The quantitative estimate of drug-likeness (QED) is 0.592. The van der Waals surface area contributed by atoms with E-state index in [2.05, 4.69) is 0 Å². The maximum Gasteiger partial charge on any atom is 0.335 e. The molecule has 1 aromatic rings. The lowest BCUT2D eigenvalue weighted by Crippen LogP contribution is -2.35. The van der Waals surface area contributed by atoms with Gasteiger partial charge in [0.25, 0.3) is 0 Å². The first-order chi connectivity index (χ1) is 9.52. The summed E-state index contributed by atoms with van der Waals surface area (Å²) in [6.45, 7) is 6.48. The van der Waals surface area contributed by atoms with Gasteiger partial charge in [-0.3, -0.25) is 0 Å². The van der Waals surface area contributed by atoms with E-state index in [4.69, 9.17) is 10.5 Å². The molecule has 4 nitrogen and oxygen atoms in total. The van der Waals surface area contributed by atoms with E-state index in [0.29, 0.717) is 6.61 Å². The van der Waals surface area contributed by atoms with Crippen LogP contribution < -0.4 is 5.73 Å². The van der Waals surface area contributed by atoms with E-state index in [9.17, 15) is 9.90 Å². The molecule has 4 heteroatoms. The number of aliphatic hydroxyl groups is 1. The van der Waals surface area contributed by atoms with Crippen molar-refractivity contribution in [2.75, 3.05) is 13.2 Å². The molecule has 2 unspecified atom stereocenters. The predicted molar refractivity (Wildman–Crippen MR) is 79.6 cm³/mol. The van der Waals surface area contributed by atoms with Gasteiger partial charge in [-0.1, -0.05) is 31.5 Å². The number of unbranched alkanes of at least 4 members (excludes halogenated alkanes) is 1. The molecule has 112 valence electrons. The van der Waals surface area contributed by atoms with Gasteiger partial charge in [0.1, 0.15) is 0 Å². The molecule has 0 aliphatic heterocycles. The Morgan fingerprint density at radius 2 is 1.95 bits per heavy atom. The number of hydrogen-bond acceptors (Lipinski definition) is 4. The fourth-order valence-corrected chi connectivity index (χ4v) is 2.38. The molecular formula is C16H25NO3. The van der Waals surface area contributed by atoms with E-state index in [1.54, 1.807) is 0 Å². The molecule has 0 bridgehead atoms. The first kappa shape index (κ1) is 16.7. The predicted octanol–water partition coefficient (Wildman–Crippen LogP) is 2.05. The third kappa shape index (κ3) is 4.05. The van der Waals surface area contributed by atoms with E-state index in [-0.39, 0.29) is 6.54 Å². The number of aryl methyl sites for hydroxylation is 2. The van der Waals surface area contributed by atoms with Crippen molar-refractivity contribution in [3.05, 3.63) is 34.9 Å². The van der Waals surface area contributed by atoms with E-state index in [0.717, 1.165) is 29.5 Å². The highest BCUT2D eigenvalue weighted by molar-refractivity contribution is 5.76. The molecule has 0 aromatic heterocycles. The number of hydrogen-bond donors (Lipinski definition) is 2. The maximum absolute atomic E-state index is 11.9. The summed E-state index contributed by atoms with van der Waals surface area (Å²) in [5.41, 5.74) is 8.77. The molecule has 0 amide bonds. The SMILES string of the molecule is CCCCOC(=O)C(O)C(CN)c1c(C)cccc1C. The lowest BCUT2D eigenvalue weighted by atomic mass is 9.87. The third-order valence-corrected chi connectivity index (χ3v) is 3.53. The number of aliphatic hydroxyl groups excluding tert-OH is 1. The van der Waals surface area contributed by atoms with Crippen LogP contribution in [0.4, 0.5) is 0 Å². The van der Waals surface area contributed by atoms with Crippen molar-refractivity contribution < 1.29 is 14.6 Å². The summed E-state index contributed by atoms with van der Waals surface area (Å²) in [5, 5.41) is 10.2. The van der Waals surface area contributed by atoms with Crippen molar-refractivity contribution in [2.24, 2.45) is 5.73 Å². The van der Waals surface area contributed by atoms with Gasteiger partial charge >= 0.3 is 5.97 Å². The van der Waals surface area contributed by atoms with Crippen LogP contribution in [-0.4, -0.2) is 30.3 Å². The molecule has 0 fully saturated rings.